The molecule has 2 heterocycles. The van der Waals surface area contributed by atoms with Gasteiger partial charge in [0.1, 0.15) is 18.0 Å². The van der Waals surface area contributed by atoms with Crippen molar-refractivity contribution in [3.8, 4) is 5.75 Å². The van der Waals surface area contributed by atoms with Gasteiger partial charge < -0.3 is 19.9 Å². The zero-order valence-electron chi connectivity index (χ0n) is 25.0. The molecule has 4 aromatic carbocycles. The molecule has 0 aliphatic carbocycles. The van der Waals surface area contributed by atoms with Gasteiger partial charge >= 0.3 is 6.03 Å². The fraction of sp³-hybridized carbons (Fsp3) is 0.265. The van der Waals surface area contributed by atoms with E-state index in [-0.39, 0.29) is 37.5 Å². The fourth-order valence-electron chi connectivity index (χ4n) is 6.13. The molecule has 0 aromatic heterocycles. The van der Waals surface area contributed by atoms with Crippen LogP contribution in [0.3, 0.4) is 0 Å². The first-order chi connectivity index (χ1) is 21.7. The molecule has 0 spiro atoms. The fourth-order valence-corrected chi connectivity index (χ4v) is 6.45. The molecular formula is C34H33Cl2N5O4. The molecule has 2 saturated heterocycles. The van der Waals surface area contributed by atoms with Crippen LogP contribution in [0.2, 0.25) is 10.0 Å². The zero-order valence-corrected chi connectivity index (χ0v) is 26.5. The minimum atomic E-state index is -0.739. The summed E-state index contributed by atoms with van der Waals surface area (Å²) in [6.07, 6.45) is -0.202. The first-order valence-electron chi connectivity index (χ1n) is 14.6. The Morgan fingerprint density at radius 2 is 1.69 bits per heavy atom. The lowest BCUT2D eigenvalue weighted by Gasteiger charge is -2.46. The highest BCUT2D eigenvalue weighted by Gasteiger charge is 2.51. The van der Waals surface area contributed by atoms with E-state index >= 15 is 0 Å². The van der Waals surface area contributed by atoms with Crippen molar-refractivity contribution < 1.29 is 19.1 Å². The number of rotatable bonds is 8. The molecule has 4 amide bonds. The second kappa shape index (κ2) is 13.0. The first kappa shape index (κ1) is 30.7. The van der Waals surface area contributed by atoms with Crippen LogP contribution in [0, 0.1) is 0 Å². The van der Waals surface area contributed by atoms with Gasteiger partial charge in [-0.2, -0.15) is 5.01 Å². The Kier molecular flexibility index (Phi) is 8.85. The molecule has 2 aliphatic heterocycles. The number of halogens is 2. The maximum Gasteiger partial charge on any atom is 0.332 e. The summed E-state index contributed by atoms with van der Waals surface area (Å²) >= 11 is 12.2. The van der Waals surface area contributed by atoms with E-state index in [2.05, 4.69) is 11.4 Å². The van der Waals surface area contributed by atoms with E-state index in [0.29, 0.717) is 28.8 Å². The SMILES string of the molecule is COc1ccc(C[C@H]2C(=O)N(Cc3cccc4ccccc34)C[C@H]3N2C(=O)CN3N(C)C(=O)NCc2ccc(Cl)c(Cl)c2)cc1. The van der Waals surface area contributed by atoms with Crippen LogP contribution >= 0.6 is 23.2 Å². The number of benzene rings is 4. The van der Waals surface area contributed by atoms with Gasteiger partial charge in [0.15, 0.2) is 0 Å². The van der Waals surface area contributed by atoms with E-state index in [0.717, 1.165) is 27.5 Å². The number of hydrogen-bond acceptors (Lipinski definition) is 5. The Balaban J connectivity index is 1.27. The van der Waals surface area contributed by atoms with Gasteiger partial charge in [0.25, 0.3) is 0 Å². The van der Waals surface area contributed by atoms with Crippen molar-refractivity contribution in [1.82, 2.24) is 25.1 Å². The Labute approximate surface area is 271 Å². The molecule has 0 radical (unpaired) electrons. The molecule has 2 fully saturated rings. The van der Waals surface area contributed by atoms with Crippen molar-refractivity contribution in [1.29, 1.82) is 0 Å². The van der Waals surface area contributed by atoms with Gasteiger partial charge in [-0.25, -0.2) is 4.79 Å². The highest BCUT2D eigenvalue weighted by Crippen LogP contribution is 2.31. The summed E-state index contributed by atoms with van der Waals surface area (Å²) in [5.74, 6) is 0.374. The number of piperazine rings is 1. The molecular weight excluding hydrogens is 613 g/mol. The molecule has 6 rings (SSSR count). The molecule has 45 heavy (non-hydrogen) atoms. The van der Waals surface area contributed by atoms with Crippen molar-refractivity contribution in [3.05, 3.63) is 112 Å². The van der Waals surface area contributed by atoms with Gasteiger partial charge in [0.2, 0.25) is 11.8 Å². The van der Waals surface area contributed by atoms with Crippen LogP contribution in [0.5, 0.6) is 5.75 Å². The number of carbonyl (C=O) groups is 3. The van der Waals surface area contributed by atoms with E-state index in [9.17, 15) is 14.4 Å². The first-order valence-corrected chi connectivity index (χ1v) is 15.4. The quantitative estimate of drug-likeness (QED) is 0.280. The summed E-state index contributed by atoms with van der Waals surface area (Å²) in [5, 5.41) is 9.05. The summed E-state index contributed by atoms with van der Waals surface area (Å²) in [6, 6.07) is 25.7. The second-order valence-corrected chi connectivity index (χ2v) is 12.0. The summed E-state index contributed by atoms with van der Waals surface area (Å²) in [5.41, 5.74) is 2.70. The topological polar surface area (TPSA) is 85.4 Å². The summed E-state index contributed by atoms with van der Waals surface area (Å²) < 4.78 is 5.31. The monoisotopic (exact) mass is 645 g/mol. The lowest BCUT2D eigenvalue weighted by molar-refractivity contribution is -0.157. The number of ether oxygens (including phenoxy) is 1. The predicted molar refractivity (Wildman–Crippen MR) is 174 cm³/mol. The Bertz CT molecular complexity index is 1750. The minimum Gasteiger partial charge on any atom is -0.497 e. The lowest BCUT2D eigenvalue weighted by atomic mass is 9.99. The molecule has 1 N–H and O–H groups in total. The van der Waals surface area contributed by atoms with Crippen molar-refractivity contribution in [2.24, 2.45) is 0 Å². The Hall–Kier alpha value is -4.31. The number of amides is 4. The van der Waals surface area contributed by atoms with E-state index in [1.165, 1.54) is 5.01 Å². The number of urea groups is 1. The molecule has 232 valence electrons. The zero-order chi connectivity index (χ0) is 31.7. The van der Waals surface area contributed by atoms with Crippen LogP contribution < -0.4 is 10.1 Å². The Morgan fingerprint density at radius 3 is 2.44 bits per heavy atom. The molecule has 4 aromatic rings. The highest BCUT2D eigenvalue weighted by atomic mass is 35.5. The molecule has 2 atom stereocenters. The maximum atomic E-state index is 14.2. The summed E-state index contributed by atoms with van der Waals surface area (Å²) in [4.78, 5) is 44.6. The summed E-state index contributed by atoms with van der Waals surface area (Å²) in [6.45, 7) is 0.814. The highest BCUT2D eigenvalue weighted by molar-refractivity contribution is 6.42. The number of methoxy groups -OCH3 is 1. The predicted octanol–water partition coefficient (Wildman–Crippen LogP) is 5.34. The van der Waals surface area contributed by atoms with Crippen LogP contribution in [0.15, 0.2) is 84.9 Å². The van der Waals surface area contributed by atoms with Crippen molar-refractivity contribution in [2.45, 2.75) is 31.7 Å². The van der Waals surface area contributed by atoms with E-state index in [1.807, 2.05) is 65.6 Å². The van der Waals surface area contributed by atoms with Crippen molar-refractivity contribution in [2.75, 3.05) is 27.2 Å². The third-order valence-electron chi connectivity index (χ3n) is 8.50. The Morgan fingerprint density at radius 1 is 0.956 bits per heavy atom. The normalized spacial score (nSPS) is 18.3. The van der Waals surface area contributed by atoms with Crippen LogP contribution in [0.25, 0.3) is 10.8 Å². The van der Waals surface area contributed by atoms with Gasteiger partial charge in [-0.15, -0.1) is 0 Å². The van der Waals surface area contributed by atoms with Gasteiger partial charge in [-0.3, -0.25) is 14.6 Å². The molecule has 2 aliphatic rings. The van der Waals surface area contributed by atoms with E-state index in [1.54, 1.807) is 42.3 Å². The minimum absolute atomic E-state index is 0.0319. The number of hydrogen-bond donors (Lipinski definition) is 1. The average molecular weight is 647 g/mol. The lowest BCUT2D eigenvalue weighted by Crippen LogP contribution is -2.65. The number of nitrogens with zero attached hydrogens (tertiary/aromatic N) is 4. The number of nitrogens with one attached hydrogen (secondary N) is 1. The number of fused-ring (bicyclic) bond motifs is 2. The van der Waals surface area contributed by atoms with Crippen LogP contribution in [-0.4, -0.2) is 77.1 Å². The average Bonchev–Trinajstić information content (AvgIpc) is 3.38. The van der Waals surface area contributed by atoms with Gasteiger partial charge in [-0.05, 0) is 51.7 Å². The molecule has 0 bridgehead atoms. The van der Waals surface area contributed by atoms with Crippen LogP contribution in [-0.2, 0) is 29.1 Å². The van der Waals surface area contributed by atoms with Gasteiger partial charge in [-0.1, -0.05) is 83.9 Å². The third-order valence-corrected chi connectivity index (χ3v) is 9.24. The molecule has 9 nitrogen and oxygen atoms in total. The second-order valence-electron chi connectivity index (χ2n) is 11.2. The van der Waals surface area contributed by atoms with Gasteiger partial charge in [0.05, 0.1) is 30.2 Å². The van der Waals surface area contributed by atoms with Gasteiger partial charge in [0, 0.05) is 26.6 Å². The summed E-state index contributed by atoms with van der Waals surface area (Å²) in [7, 11) is 3.23. The van der Waals surface area contributed by atoms with Crippen molar-refractivity contribution in [3.63, 3.8) is 0 Å². The van der Waals surface area contributed by atoms with E-state index < -0.39 is 12.2 Å². The van der Waals surface area contributed by atoms with E-state index in [4.69, 9.17) is 27.9 Å². The van der Waals surface area contributed by atoms with Crippen LogP contribution in [0.4, 0.5) is 4.79 Å². The number of hydrazine groups is 1. The van der Waals surface area contributed by atoms with Crippen LogP contribution in [0.1, 0.15) is 16.7 Å². The molecule has 0 unspecified atom stereocenters. The maximum absolute atomic E-state index is 14.2. The largest absolute Gasteiger partial charge is 0.497 e. The number of carbonyl (C=O) groups excluding carboxylic acids is 3. The smallest absolute Gasteiger partial charge is 0.332 e. The molecule has 11 heteroatoms. The van der Waals surface area contributed by atoms with Crippen molar-refractivity contribution >= 4 is 51.8 Å². The standard InChI is InChI=1S/C34H33Cl2N5O4/c1-38(34(44)37-18-23-12-15-28(35)29(36)16-23)40-21-32(42)41-30(17-22-10-13-26(45-2)14-11-22)33(43)39(20-31(40)41)19-25-8-5-7-24-6-3-4-9-27(24)25/h3-16,30-31H,17-21H2,1-2H3,(H,37,44)/t30-,31+/m0/s1. The molecule has 0 saturated carbocycles. The third kappa shape index (κ3) is 6.29.